The van der Waals surface area contributed by atoms with Crippen molar-refractivity contribution in [2.75, 3.05) is 6.61 Å². The minimum Gasteiger partial charge on any atom is -0.393 e. The topological polar surface area (TPSA) is 32.8 Å². The Balaban J connectivity index is 1.51. The molecule has 1 spiro atoms. The zero-order valence-electron chi connectivity index (χ0n) is 14.1. The highest BCUT2D eigenvalue weighted by Crippen LogP contribution is 2.70. The summed E-state index contributed by atoms with van der Waals surface area (Å²) in [5, 5.41) is 10.1. The molecule has 4 fully saturated rings. The van der Waals surface area contributed by atoms with Crippen molar-refractivity contribution in [2.24, 2.45) is 28.6 Å². The van der Waals surface area contributed by atoms with E-state index >= 15 is 0 Å². The lowest BCUT2D eigenvalue weighted by molar-refractivity contribution is -0.0556. The van der Waals surface area contributed by atoms with Gasteiger partial charge in [0.05, 0.1) is 18.3 Å². The van der Waals surface area contributed by atoms with Crippen LogP contribution in [-0.4, -0.2) is 23.4 Å². The molecular formula is C20H30O2. The minimum absolute atomic E-state index is 0.0839. The van der Waals surface area contributed by atoms with Crippen LogP contribution in [0.25, 0.3) is 0 Å². The Kier molecular flexibility index (Phi) is 2.67. The second-order valence-corrected chi connectivity index (χ2v) is 9.43. The van der Waals surface area contributed by atoms with E-state index in [1.165, 1.54) is 38.5 Å². The summed E-state index contributed by atoms with van der Waals surface area (Å²) in [5.74, 6) is 2.59. The lowest BCUT2D eigenvalue weighted by Gasteiger charge is -2.57. The Hall–Kier alpha value is -0.340. The molecule has 0 aromatic rings. The van der Waals surface area contributed by atoms with Gasteiger partial charge in [-0.05, 0) is 74.5 Å². The van der Waals surface area contributed by atoms with Crippen molar-refractivity contribution >= 4 is 0 Å². The molecule has 5 aliphatic rings. The van der Waals surface area contributed by atoms with Gasteiger partial charge in [0, 0.05) is 5.41 Å². The maximum atomic E-state index is 10.1. The first-order chi connectivity index (χ1) is 10.5. The predicted octanol–water partition coefficient (Wildman–Crippen LogP) is 4.08. The lowest BCUT2D eigenvalue weighted by atomic mass is 9.47. The van der Waals surface area contributed by atoms with Crippen molar-refractivity contribution in [3.63, 3.8) is 0 Å². The van der Waals surface area contributed by atoms with Gasteiger partial charge in [-0.3, -0.25) is 0 Å². The van der Waals surface area contributed by atoms with Crippen molar-refractivity contribution < 1.29 is 9.84 Å². The van der Waals surface area contributed by atoms with E-state index in [0.717, 1.165) is 37.2 Å². The molecule has 1 N–H and O–H groups in total. The summed E-state index contributed by atoms with van der Waals surface area (Å²) in [4.78, 5) is 0. The van der Waals surface area contributed by atoms with Crippen LogP contribution >= 0.6 is 0 Å². The fourth-order valence-electron chi connectivity index (χ4n) is 7.30. The van der Waals surface area contributed by atoms with E-state index in [2.05, 4.69) is 19.9 Å². The van der Waals surface area contributed by atoms with Gasteiger partial charge in [-0.25, -0.2) is 0 Å². The number of hydrogen-bond acceptors (Lipinski definition) is 2. The van der Waals surface area contributed by atoms with E-state index in [1.54, 1.807) is 5.57 Å². The molecule has 0 amide bonds. The molecule has 1 saturated heterocycles. The van der Waals surface area contributed by atoms with E-state index < -0.39 is 0 Å². The van der Waals surface area contributed by atoms with Gasteiger partial charge in [-0.15, -0.1) is 0 Å². The number of ether oxygens (including phenoxy) is 1. The molecule has 2 nitrogen and oxygen atoms in total. The molecule has 22 heavy (non-hydrogen) atoms. The Morgan fingerprint density at radius 3 is 2.64 bits per heavy atom. The number of fused-ring (bicyclic) bond motifs is 6. The van der Waals surface area contributed by atoms with E-state index in [1.807, 2.05) is 0 Å². The van der Waals surface area contributed by atoms with Gasteiger partial charge in [-0.2, -0.15) is 0 Å². The molecule has 122 valence electrons. The van der Waals surface area contributed by atoms with Gasteiger partial charge in [0.25, 0.3) is 0 Å². The third-order valence-corrected chi connectivity index (χ3v) is 8.86. The van der Waals surface area contributed by atoms with Crippen molar-refractivity contribution in [3.05, 3.63) is 11.6 Å². The number of epoxide rings is 1. The maximum absolute atomic E-state index is 10.1. The van der Waals surface area contributed by atoms with Crippen molar-refractivity contribution in [2.45, 2.75) is 76.9 Å². The fourth-order valence-corrected chi connectivity index (χ4v) is 7.30. The lowest BCUT2D eigenvalue weighted by Crippen LogP contribution is -2.51. The Labute approximate surface area is 134 Å². The summed E-state index contributed by atoms with van der Waals surface area (Å²) in [6.07, 6.45) is 12.3. The van der Waals surface area contributed by atoms with Crippen LogP contribution in [0.3, 0.4) is 0 Å². The van der Waals surface area contributed by atoms with Crippen LogP contribution in [0.4, 0.5) is 0 Å². The molecule has 0 bridgehead atoms. The van der Waals surface area contributed by atoms with Crippen LogP contribution in [0.1, 0.15) is 65.2 Å². The van der Waals surface area contributed by atoms with E-state index in [0.29, 0.717) is 10.8 Å². The van der Waals surface area contributed by atoms with Crippen molar-refractivity contribution in [1.29, 1.82) is 0 Å². The fraction of sp³-hybridized carbons (Fsp3) is 0.900. The van der Waals surface area contributed by atoms with Crippen LogP contribution < -0.4 is 0 Å². The van der Waals surface area contributed by atoms with E-state index in [4.69, 9.17) is 4.74 Å². The van der Waals surface area contributed by atoms with Crippen LogP contribution in [-0.2, 0) is 4.74 Å². The zero-order valence-corrected chi connectivity index (χ0v) is 14.1. The highest BCUT2D eigenvalue weighted by atomic mass is 16.6. The summed E-state index contributed by atoms with van der Waals surface area (Å²) in [7, 11) is 0. The second kappa shape index (κ2) is 4.19. The molecule has 1 aliphatic heterocycles. The smallest absolute Gasteiger partial charge is 0.0972 e. The zero-order chi connectivity index (χ0) is 15.2. The van der Waals surface area contributed by atoms with E-state index in [-0.39, 0.29) is 11.7 Å². The number of aliphatic hydroxyl groups is 1. The van der Waals surface area contributed by atoms with Crippen molar-refractivity contribution in [3.8, 4) is 0 Å². The largest absolute Gasteiger partial charge is 0.393 e. The molecule has 0 aromatic carbocycles. The normalized spacial score (nSPS) is 59.5. The third kappa shape index (κ3) is 1.54. The first kappa shape index (κ1) is 14.0. The second-order valence-electron chi connectivity index (χ2n) is 9.43. The van der Waals surface area contributed by atoms with Gasteiger partial charge in [0.2, 0.25) is 0 Å². The quantitative estimate of drug-likeness (QED) is 0.540. The first-order valence-electron chi connectivity index (χ1n) is 9.50. The SMILES string of the molecule is C[C@]12CC[C@H]3[C@H](CC=C4C[C@@H](O)CC[C@]43C)[C@H]1CC[C@@]21CO1. The average Bonchev–Trinajstić information content (AvgIpc) is 3.22. The predicted molar refractivity (Wildman–Crippen MR) is 86.4 cm³/mol. The molecule has 5 rings (SSSR count). The maximum Gasteiger partial charge on any atom is 0.0972 e. The van der Waals surface area contributed by atoms with E-state index in [9.17, 15) is 5.11 Å². The van der Waals surface area contributed by atoms with Gasteiger partial charge in [-0.1, -0.05) is 25.5 Å². The molecule has 2 heteroatoms. The van der Waals surface area contributed by atoms with Gasteiger partial charge in [0.15, 0.2) is 0 Å². The van der Waals surface area contributed by atoms with Crippen LogP contribution in [0.15, 0.2) is 11.6 Å². The van der Waals surface area contributed by atoms with Gasteiger partial charge in [0.1, 0.15) is 0 Å². The number of aliphatic hydroxyl groups excluding tert-OH is 1. The monoisotopic (exact) mass is 302 g/mol. The summed E-state index contributed by atoms with van der Waals surface area (Å²) in [6, 6.07) is 0. The third-order valence-electron chi connectivity index (χ3n) is 8.86. The van der Waals surface area contributed by atoms with Crippen LogP contribution in [0, 0.1) is 28.6 Å². The summed E-state index contributed by atoms with van der Waals surface area (Å²) >= 11 is 0. The van der Waals surface area contributed by atoms with Crippen LogP contribution in [0.2, 0.25) is 0 Å². The highest BCUT2D eigenvalue weighted by Gasteiger charge is 2.69. The standard InChI is InChI=1S/C20H30O2/c1-18-8-5-14(21)11-13(18)3-4-15-16(18)6-9-19(2)17(15)7-10-20(19)12-22-20/h3,14-17,21H,4-12H2,1-2H3/t14-,15-,16-,17+,18+,19-,20+/m0/s1. The minimum atomic E-state index is -0.0839. The number of rotatable bonds is 0. The molecule has 0 unspecified atom stereocenters. The molecule has 0 radical (unpaired) electrons. The average molecular weight is 302 g/mol. The van der Waals surface area contributed by atoms with Gasteiger partial charge < -0.3 is 9.84 Å². The Morgan fingerprint density at radius 2 is 1.86 bits per heavy atom. The summed E-state index contributed by atoms with van der Waals surface area (Å²) < 4.78 is 6.01. The first-order valence-corrected chi connectivity index (χ1v) is 9.50. The van der Waals surface area contributed by atoms with Crippen molar-refractivity contribution in [1.82, 2.24) is 0 Å². The summed E-state index contributed by atoms with van der Waals surface area (Å²) in [6.45, 7) is 6.09. The number of hydrogen-bond donors (Lipinski definition) is 1. The molecule has 0 aromatic heterocycles. The van der Waals surface area contributed by atoms with Crippen LogP contribution in [0.5, 0.6) is 0 Å². The molecule has 1 heterocycles. The molecule has 3 saturated carbocycles. The summed E-state index contributed by atoms with van der Waals surface area (Å²) in [5.41, 5.74) is 2.69. The highest BCUT2D eigenvalue weighted by molar-refractivity contribution is 5.27. The molecular weight excluding hydrogens is 272 g/mol. The number of allylic oxidation sites excluding steroid dienone is 1. The molecule has 4 aliphatic carbocycles. The Morgan fingerprint density at radius 1 is 1.09 bits per heavy atom. The van der Waals surface area contributed by atoms with Gasteiger partial charge >= 0.3 is 0 Å². The Bertz CT molecular complexity index is 534. The molecule has 7 atom stereocenters.